The van der Waals surface area contributed by atoms with E-state index in [0.29, 0.717) is 0 Å². The smallest absolute Gasteiger partial charge is 0.141 e. The summed E-state index contributed by atoms with van der Waals surface area (Å²) < 4.78 is 0. The van der Waals surface area contributed by atoms with E-state index in [2.05, 4.69) is 46.5 Å². The Hall–Kier alpha value is -1.55. The van der Waals surface area contributed by atoms with Gasteiger partial charge in [-0.15, -0.1) is 11.8 Å². The van der Waals surface area contributed by atoms with Crippen LogP contribution < -0.4 is 5.32 Å². The number of aromatic nitrogens is 2. The van der Waals surface area contributed by atoms with Crippen LogP contribution in [0.5, 0.6) is 0 Å². The van der Waals surface area contributed by atoms with Crippen LogP contribution in [0.1, 0.15) is 22.6 Å². The topological polar surface area (TPSA) is 37.8 Å². The molecule has 0 spiro atoms. The Balaban J connectivity index is 2.16. The van der Waals surface area contributed by atoms with E-state index in [1.165, 1.54) is 10.5 Å². The summed E-state index contributed by atoms with van der Waals surface area (Å²) in [5.74, 6) is 2.59. The highest BCUT2D eigenvalue weighted by atomic mass is 32.2. The van der Waals surface area contributed by atoms with E-state index in [9.17, 15) is 0 Å². The van der Waals surface area contributed by atoms with Gasteiger partial charge >= 0.3 is 0 Å². The van der Waals surface area contributed by atoms with E-state index in [-0.39, 0.29) is 0 Å². The molecule has 0 radical (unpaired) electrons. The summed E-state index contributed by atoms with van der Waals surface area (Å²) in [5.41, 5.74) is 3.46. The van der Waals surface area contributed by atoms with E-state index in [1.807, 2.05) is 20.9 Å². The van der Waals surface area contributed by atoms with Crippen molar-refractivity contribution in [2.75, 3.05) is 12.4 Å². The number of rotatable bonds is 4. The summed E-state index contributed by atoms with van der Waals surface area (Å²) >= 11 is 1.78. The third-order valence-electron chi connectivity index (χ3n) is 3.12. The molecule has 100 valence electrons. The summed E-state index contributed by atoms with van der Waals surface area (Å²) in [7, 11) is 1.90. The minimum Gasteiger partial charge on any atom is -0.373 e. The van der Waals surface area contributed by atoms with Gasteiger partial charge in [-0.25, -0.2) is 9.97 Å². The highest BCUT2D eigenvalue weighted by molar-refractivity contribution is 7.98. The maximum absolute atomic E-state index is 4.55. The van der Waals surface area contributed by atoms with E-state index >= 15 is 0 Å². The summed E-state index contributed by atoms with van der Waals surface area (Å²) in [5, 5.41) is 3.13. The number of nitrogens with one attached hydrogen (secondary N) is 1. The van der Waals surface area contributed by atoms with Crippen LogP contribution in [0.25, 0.3) is 0 Å². The Bertz CT molecular complexity index is 582. The van der Waals surface area contributed by atoms with Crippen LogP contribution in [0.4, 0.5) is 5.82 Å². The zero-order valence-electron chi connectivity index (χ0n) is 11.8. The first-order valence-corrected chi connectivity index (χ1v) is 7.30. The van der Waals surface area contributed by atoms with E-state index in [1.54, 1.807) is 11.8 Å². The molecule has 0 aliphatic heterocycles. The summed E-state index contributed by atoms with van der Waals surface area (Å²) in [6.07, 6.45) is 0. The van der Waals surface area contributed by atoms with Crippen molar-refractivity contribution < 1.29 is 0 Å². The van der Waals surface area contributed by atoms with Gasteiger partial charge in [0, 0.05) is 23.2 Å². The lowest BCUT2D eigenvalue weighted by molar-refractivity contribution is 0.974. The lowest BCUT2D eigenvalue weighted by Gasteiger charge is -2.10. The molecular weight excluding hydrogens is 254 g/mol. The fourth-order valence-electron chi connectivity index (χ4n) is 1.86. The molecule has 1 aromatic heterocycles. The normalized spacial score (nSPS) is 10.5. The maximum Gasteiger partial charge on any atom is 0.141 e. The van der Waals surface area contributed by atoms with Crippen LogP contribution in [0, 0.1) is 20.8 Å². The zero-order valence-corrected chi connectivity index (χ0v) is 12.6. The van der Waals surface area contributed by atoms with Crippen molar-refractivity contribution in [3.8, 4) is 0 Å². The van der Waals surface area contributed by atoms with Crippen molar-refractivity contribution in [3.05, 3.63) is 46.9 Å². The minimum atomic E-state index is 0.792. The summed E-state index contributed by atoms with van der Waals surface area (Å²) in [6, 6.07) is 8.39. The van der Waals surface area contributed by atoms with Crippen molar-refractivity contribution in [2.24, 2.45) is 0 Å². The maximum atomic E-state index is 4.55. The molecule has 0 aliphatic carbocycles. The largest absolute Gasteiger partial charge is 0.373 e. The third-order valence-corrected chi connectivity index (χ3v) is 4.29. The molecule has 0 saturated carbocycles. The van der Waals surface area contributed by atoms with Crippen molar-refractivity contribution in [1.29, 1.82) is 0 Å². The average molecular weight is 273 g/mol. The van der Waals surface area contributed by atoms with Gasteiger partial charge in [0.15, 0.2) is 0 Å². The van der Waals surface area contributed by atoms with Crippen molar-refractivity contribution in [3.63, 3.8) is 0 Å². The van der Waals surface area contributed by atoms with Gasteiger partial charge in [0.05, 0.1) is 5.75 Å². The van der Waals surface area contributed by atoms with Gasteiger partial charge in [-0.2, -0.15) is 0 Å². The molecule has 3 nitrogen and oxygen atoms in total. The molecule has 1 heterocycles. The average Bonchev–Trinajstić information content (AvgIpc) is 2.41. The molecule has 2 rings (SSSR count). The van der Waals surface area contributed by atoms with Gasteiger partial charge in [-0.05, 0) is 32.4 Å². The molecule has 0 amide bonds. The number of thioether (sulfide) groups is 1. The van der Waals surface area contributed by atoms with Gasteiger partial charge in [0.2, 0.25) is 0 Å². The minimum absolute atomic E-state index is 0.792. The fourth-order valence-corrected chi connectivity index (χ4v) is 2.74. The number of hydrogen-bond acceptors (Lipinski definition) is 4. The van der Waals surface area contributed by atoms with Crippen molar-refractivity contribution >= 4 is 17.6 Å². The Labute approximate surface area is 118 Å². The Kier molecular flexibility index (Phi) is 4.43. The molecule has 1 N–H and O–H groups in total. The molecule has 0 bridgehead atoms. The Morgan fingerprint density at radius 2 is 1.84 bits per heavy atom. The second-order valence-corrected chi connectivity index (χ2v) is 5.52. The SMILES string of the molecule is CNc1nc(CSc2ccccc2C)nc(C)c1C. The van der Waals surface area contributed by atoms with Crippen molar-refractivity contribution in [2.45, 2.75) is 31.4 Å². The predicted molar refractivity (Wildman–Crippen MR) is 81.8 cm³/mol. The van der Waals surface area contributed by atoms with E-state index in [0.717, 1.165) is 28.7 Å². The molecule has 19 heavy (non-hydrogen) atoms. The lowest BCUT2D eigenvalue weighted by atomic mass is 10.2. The first kappa shape index (κ1) is 13.9. The highest BCUT2D eigenvalue weighted by Gasteiger charge is 2.07. The van der Waals surface area contributed by atoms with Crippen LogP contribution in [0.15, 0.2) is 29.2 Å². The van der Waals surface area contributed by atoms with Crippen molar-refractivity contribution in [1.82, 2.24) is 9.97 Å². The first-order chi connectivity index (χ1) is 9.11. The number of benzene rings is 1. The van der Waals surface area contributed by atoms with E-state index in [4.69, 9.17) is 0 Å². The van der Waals surface area contributed by atoms with Gasteiger partial charge in [0.25, 0.3) is 0 Å². The van der Waals surface area contributed by atoms with Crippen LogP contribution in [-0.2, 0) is 5.75 Å². The number of nitrogens with zero attached hydrogens (tertiary/aromatic N) is 2. The molecule has 4 heteroatoms. The lowest BCUT2D eigenvalue weighted by Crippen LogP contribution is -2.04. The quantitative estimate of drug-likeness (QED) is 0.861. The highest BCUT2D eigenvalue weighted by Crippen LogP contribution is 2.25. The molecule has 1 aromatic carbocycles. The predicted octanol–water partition coefficient (Wildman–Crippen LogP) is 3.74. The first-order valence-electron chi connectivity index (χ1n) is 6.32. The molecule has 0 aliphatic rings. The molecule has 0 fully saturated rings. The molecule has 0 saturated heterocycles. The summed E-state index contributed by atoms with van der Waals surface area (Å²) in [6.45, 7) is 6.20. The number of hydrogen-bond donors (Lipinski definition) is 1. The van der Waals surface area contributed by atoms with Gasteiger partial charge in [-0.3, -0.25) is 0 Å². The monoisotopic (exact) mass is 273 g/mol. The molecule has 0 atom stereocenters. The number of anilines is 1. The second kappa shape index (κ2) is 6.06. The second-order valence-electron chi connectivity index (χ2n) is 4.50. The van der Waals surface area contributed by atoms with Gasteiger partial charge in [0.1, 0.15) is 11.6 Å². The number of aryl methyl sites for hydroxylation is 2. The molecule has 2 aromatic rings. The molecular formula is C15H19N3S. The third kappa shape index (κ3) is 3.26. The Morgan fingerprint density at radius 3 is 2.53 bits per heavy atom. The Morgan fingerprint density at radius 1 is 1.11 bits per heavy atom. The zero-order chi connectivity index (χ0) is 13.8. The van der Waals surface area contributed by atoms with Crippen LogP contribution >= 0.6 is 11.8 Å². The van der Waals surface area contributed by atoms with E-state index < -0.39 is 0 Å². The summed E-state index contributed by atoms with van der Waals surface area (Å²) in [4.78, 5) is 10.4. The van der Waals surface area contributed by atoms with Crippen LogP contribution in [0.2, 0.25) is 0 Å². The standard InChI is InChI=1S/C15H19N3S/c1-10-7-5-6-8-13(10)19-9-14-17-12(3)11(2)15(16-4)18-14/h5-8H,9H2,1-4H3,(H,16,17,18). The fraction of sp³-hybridized carbons (Fsp3) is 0.333. The van der Waals surface area contributed by atoms with Gasteiger partial charge < -0.3 is 5.32 Å². The molecule has 0 unspecified atom stereocenters. The van der Waals surface area contributed by atoms with Gasteiger partial charge in [-0.1, -0.05) is 18.2 Å². The van der Waals surface area contributed by atoms with Crippen LogP contribution in [0.3, 0.4) is 0 Å². The van der Waals surface area contributed by atoms with Crippen LogP contribution in [-0.4, -0.2) is 17.0 Å².